The molecular weight excluding hydrogens is 352 g/mol. The summed E-state index contributed by atoms with van der Waals surface area (Å²) in [6, 6.07) is 11.1. The Kier molecular flexibility index (Phi) is 6.01. The number of rotatable bonds is 5. The van der Waals surface area contributed by atoms with Gasteiger partial charge in [-0.1, -0.05) is 23.7 Å². The summed E-state index contributed by atoms with van der Waals surface area (Å²) in [5.41, 5.74) is 0.776. The molecule has 1 N–H and O–H groups in total. The lowest BCUT2D eigenvalue weighted by atomic mass is 10.1. The third-order valence-electron chi connectivity index (χ3n) is 4.60. The first-order chi connectivity index (χ1) is 12.4. The van der Waals surface area contributed by atoms with Gasteiger partial charge in [0.1, 0.15) is 5.76 Å². The average molecular weight is 377 g/mol. The summed E-state index contributed by atoms with van der Waals surface area (Å²) in [5, 5.41) is 3.55. The summed E-state index contributed by atoms with van der Waals surface area (Å²) in [7, 11) is 0. The minimum atomic E-state index is -0.218. The third kappa shape index (κ3) is 4.47. The summed E-state index contributed by atoms with van der Waals surface area (Å²) < 4.78 is 11.5. The molecule has 1 aromatic heterocycles. The van der Waals surface area contributed by atoms with E-state index in [1.165, 1.54) is 0 Å². The van der Waals surface area contributed by atoms with E-state index in [9.17, 15) is 4.79 Å². The van der Waals surface area contributed by atoms with Crippen molar-refractivity contribution < 1.29 is 13.9 Å². The van der Waals surface area contributed by atoms with Crippen LogP contribution in [0.4, 0.5) is 0 Å². The first-order valence-electron chi connectivity index (χ1n) is 8.96. The zero-order valence-corrected chi connectivity index (χ0v) is 16.1. The molecule has 1 aliphatic heterocycles. The van der Waals surface area contributed by atoms with E-state index in [1.54, 1.807) is 18.2 Å². The standard InChI is InChI=1S/C20H25ClN2O3/c1-13(23-11-14(2)25-15(3)12-23)10-22-20(24)19-9-8-18(26-19)16-6-4-5-7-17(16)21/h4-9,13-15H,10-12H2,1-3H3,(H,22,24). The SMILES string of the molecule is CC1CN(C(C)CNC(=O)c2ccc(-c3ccccc3Cl)o2)CC(C)O1. The number of furan rings is 1. The Labute approximate surface area is 159 Å². The van der Waals surface area contributed by atoms with E-state index in [-0.39, 0.29) is 29.9 Å². The smallest absolute Gasteiger partial charge is 0.287 e. The molecule has 0 spiro atoms. The Hall–Kier alpha value is -1.82. The van der Waals surface area contributed by atoms with Crippen molar-refractivity contribution in [3.63, 3.8) is 0 Å². The predicted octanol–water partition coefficient (Wildman–Crippen LogP) is 3.83. The summed E-state index contributed by atoms with van der Waals surface area (Å²) in [6.45, 7) is 8.57. The van der Waals surface area contributed by atoms with Crippen molar-refractivity contribution in [2.45, 2.75) is 39.0 Å². The van der Waals surface area contributed by atoms with Crippen LogP contribution in [0.3, 0.4) is 0 Å². The van der Waals surface area contributed by atoms with Gasteiger partial charge < -0.3 is 14.5 Å². The van der Waals surface area contributed by atoms with E-state index in [4.69, 9.17) is 20.8 Å². The number of carbonyl (C=O) groups is 1. The Morgan fingerprint density at radius 2 is 1.92 bits per heavy atom. The molecule has 0 radical (unpaired) electrons. The molecule has 1 aliphatic rings. The van der Waals surface area contributed by atoms with Crippen LogP contribution >= 0.6 is 11.6 Å². The minimum Gasteiger partial charge on any atom is -0.451 e. The number of hydrogen-bond acceptors (Lipinski definition) is 4. The van der Waals surface area contributed by atoms with Gasteiger partial charge in [0.25, 0.3) is 5.91 Å². The fourth-order valence-electron chi connectivity index (χ4n) is 3.30. The van der Waals surface area contributed by atoms with E-state index in [1.807, 2.05) is 18.2 Å². The maximum atomic E-state index is 12.4. The maximum Gasteiger partial charge on any atom is 0.287 e. The lowest BCUT2D eigenvalue weighted by Crippen LogP contribution is -2.52. The number of benzene rings is 1. The van der Waals surface area contributed by atoms with Crippen LogP contribution in [0.5, 0.6) is 0 Å². The molecule has 1 amide bonds. The Balaban J connectivity index is 1.58. The van der Waals surface area contributed by atoms with Gasteiger partial charge in [0.2, 0.25) is 0 Å². The molecule has 0 aliphatic carbocycles. The molecule has 6 heteroatoms. The zero-order chi connectivity index (χ0) is 18.7. The van der Waals surface area contributed by atoms with Crippen molar-refractivity contribution in [1.29, 1.82) is 0 Å². The van der Waals surface area contributed by atoms with Gasteiger partial charge >= 0.3 is 0 Å². The van der Waals surface area contributed by atoms with Gasteiger partial charge in [-0.05, 0) is 45.0 Å². The quantitative estimate of drug-likeness (QED) is 0.861. The highest BCUT2D eigenvalue weighted by molar-refractivity contribution is 6.33. The van der Waals surface area contributed by atoms with E-state index in [0.29, 0.717) is 17.3 Å². The monoisotopic (exact) mass is 376 g/mol. The predicted molar refractivity (Wildman–Crippen MR) is 103 cm³/mol. The number of hydrogen-bond donors (Lipinski definition) is 1. The third-order valence-corrected chi connectivity index (χ3v) is 4.93. The van der Waals surface area contributed by atoms with Crippen molar-refractivity contribution in [3.8, 4) is 11.3 Å². The number of amides is 1. The second-order valence-corrected chi connectivity index (χ2v) is 7.32. The average Bonchev–Trinajstić information content (AvgIpc) is 3.09. The first-order valence-corrected chi connectivity index (χ1v) is 9.34. The molecule has 1 saturated heterocycles. The lowest BCUT2D eigenvalue weighted by molar-refractivity contribution is -0.0778. The summed E-state index contributed by atoms with van der Waals surface area (Å²) in [6.07, 6.45) is 0.417. The fraction of sp³-hybridized carbons (Fsp3) is 0.450. The number of ether oxygens (including phenoxy) is 1. The molecule has 1 fully saturated rings. The molecule has 5 nitrogen and oxygen atoms in total. The summed E-state index contributed by atoms with van der Waals surface area (Å²) in [5.74, 6) is 0.657. The first kappa shape index (κ1) is 19.0. The molecule has 26 heavy (non-hydrogen) atoms. The van der Waals surface area contributed by atoms with Crippen LogP contribution in [0, 0.1) is 0 Å². The Bertz CT molecular complexity index is 751. The van der Waals surface area contributed by atoms with E-state index < -0.39 is 0 Å². The fourth-order valence-corrected chi connectivity index (χ4v) is 3.53. The van der Waals surface area contributed by atoms with Gasteiger partial charge in [0, 0.05) is 31.2 Å². The molecule has 0 bridgehead atoms. The molecule has 2 heterocycles. The summed E-state index contributed by atoms with van der Waals surface area (Å²) in [4.78, 5) is 14.8. The number of carbonyl (C=O) groups excluding carboxylic acids is 1. The van der Waals surface area contributed by atoms with Crippen LogP contribution in [-0.4, -0.2) is 48.7 Å². The largest absolute Gasteiger partial charge is 0.451 e. The molecule has 1 aromatic carbocycles. The van der Waals surface area contributed by atoms with E-state index in [0.717, 1.165) is 18.7 Å². The highest BCUT2D eigenvalue weighted by atomic mass is 35.5. The second-order valence-electron chi connectivity index (χ2n) is 6.91. The van der Waals surface area contributed by atoms with Crippen LogP contribution in [0.2, 0.25) is 5.02 Å². The van der Waals surface area contributed by atoms with Crippen molar-refractivity contribution in [1.82, 2.24) is 10.2 Å². The highest BCUT2D eigenvalue weighted by Crippen LogP contribution is 2.29. The summed E-state index contributed by atoms with van der Waals surface area (Å²) >= 11 is 6.18. The Morgan fingerprint density at radius 3 is 2.62 bits per heavy atom. The van der Waals surface area contributed by atoms with Gasteiger partial charge in [0.15, 0.2) is 5.76 Å². The van der Waals surface area contributed by atoms with Crippen LogP contribution in [-0.2, 0) is 4.74 Å². The van der Waals surface area contributed by atoms with E-state index >= 15 is 0 Å². The van der Waals surface area contributed by atoms with Gasteiger partial charge in [-0.3, -0.25) is 9.69 Å². The molecule has 3 atom stereocenters. The van der Waals surface area contributed by atoms with Crippen LogP contribution < -0.4 is 5.32 Å². The number of nitrogens with zero attached hydrogens (tertiary/aromatic N) is 1. The number of morpholine rings is 1. The zero-order valence-electron chi connectivity index (χ0n) is 15.4. The van der Waals surface area contributed by atoms with Gasteiger partial charge in [-0.2, -0.15) is 0 Å². The Morgan fingerprint density at radius 1 is 1.23 bits per heavy atom. The lowest BCUT2D eigenvalue weighted by Gasteiger charge is -2.38. The van der Waals surface area contributed by atoms with Crippen molar-refractivity contribution in [2.75, 3.05) is 19.6 Å². The van der Waals surface area contributed by atoms with Gasteiger partial charge in [0.05, 0.1) is 17.2 Å². The van der Waals surface area contributed by atoms with Crippen LogP contribution in [0.15, 0.2) is 40.8 Å². The molecule has 0 saturated carbocycles. The van der Waals surface area contributed by atoms with Gasteiger partial charge in [-0.25, -0.2) is 0 Å². The molecule has 3 unspecified atom stereocenters. The molecular formula is C20H25ClN2O3. The minimum absolute atomic E-state index is 0.208. The number of nitrogens with one attached hydrogen (secondary N) is 1. The van der Waals surface area contributed by atoms with Crippen molar-refractivity contribution in [3.05, 3.63) is 47.2 Å². The highest BCUT2D eigenvalue weighted by Gasteiger charge is 2.26. The molecule has 2 aromatic rings. The molecule has 3 rings (SSSR count). The van der Waals surface area contributed by atoms with Crippen molar-refractivity contribution in [2.24, 2.45) is 0 Å². The van der Waals surface area contributed by atoms with Crippen LogP contribution in [0.1, 0.15) is 31.3 Å². The maximum absolute atomic E-state index is 12.4. The van der Waals surface area contributed by atoms with Gasteiger partial charge in [-0.15, -0.1) is 0 Å². The van der Waals surface area contributed by atoms with Crippen LogP contribution in [0.25, 0.3) is 11.3 Å². The molecule has 140 valence electrons. The van der Waals surface area contributed by atoms with E-state index in [2.05, 4.69) is 31.0 Å². The number of halogens is 1. The van der Waals surface area contributed by atoms with Crippen molar-refractivity contribution >= 4 is 17.5 Å². The topological polar surface area (TPSA) is 54.7 Å². The normalized spacial score (nSPS) is 22.2. The second kappa shape index (κ2) is 8.25.